The van der Waals surface area contributed by atoms with E-state index in [-0.39, 0.29) is 0 Å². The Labute approximate surface area is 74.3 Å². The van der Waals surface area contributed by atoms with Crippen molar-refractivity contribution in [2.24, 2.45) is 5.73 Å². The predicted octanol–water partition coefficient (Wildman–Crippen LogP) is -0.185. The van der Waals surface area contributed by atoms with Gasteiger partial charge in [0, 0.05) is 6.04 Å². The number of hydrogen-bond donors (Lipinski definition) is 2. The van der Waals surface area contributed by atoms with Crippen molar-refractivity contribution in [2.45, 2.75) is 19.1 Å². The first-order valence-electron chi connectivity index (χ1n) is 3.42. The van der Waals surface area contributed by atoms with Gasteiger partial charge < -0.3 is 5.73 Å². The Morgan fingerprint density at radius 1 is 1.46 bits per heavy atom. The Balaban J connectivity index is 4.06. The van der Waals surface area contributed by atoms with E-state index in [1.165, 1.54) is 11.6 Å². The van der Waals surface area contributed by atoms with Gasteiger partial charge in [0.25, 0.3) is 0 Å². The van der Waals surface area contributed by atoms with Crippen LogP contribution in [0.1, 0.15) is 6.92 Å². The summed E-state index contributed by atoms with van der Waals surface area (Å²) in [6.45, 7) is -0.158. The quantitative estimate of drug-likeness (QED) is 0.690. The van der Waals surface area contributed by atoms with Crippen molar-refractivity contribution < 1.29 is 21.6 Å². The average molecular weight is 220 g/mol. The van der Waals surface area contributed by atoms with Crippen molar-refractivity contribution in [3.8, 4) is 0 Å². The van der Waals surface area contributed by atoms with E-state index in [1.807, 2.05) is 0 Å². The molecule has 4 nitrogen and oxygen atoms in total. The maximum absolute atomic E-state index is 11.6. The van der Waals surface area contributed by atoms with Gasteiger partial charge in [-0.1, -0.05) is 0 Å². The van der Waals surface area contributed by atoms with Gasteiger partial charge in [-0.05, 0) is 6.92 Å². The van der Waals surface area contributed by atoms with Crippen LogP contribution in [-0.4, -0.2) is 32.9 Å². The number of alkyl halides is 3. The molecule has 0 saturated heterocycles. The number of rotatable bonds is 4. The van der Waals surface area contributed by atoms with Crippen LogP contribution in [0.5, 0.6) is 0 Å². The summed E-state index contributed by atoms with van der Waals surface area (Å²) in [6, 6.07) is -0.689. The molecule has 8 heteroatoms. The fourth-order valence-corrected chi connectivity index (χ4v) is 1.79. The van der Waals surface area contributed by atoms with Crippen molar-refractivity contribution in [3.63, 3.8) is 0 Å². The third-order valence-corrected chi connectivity index (χ3v) is 2.52. The largest absolute Gasteiger partial charge is 0.402 e. The molecule has 0 heterocycles. The van der Waals surface area contributed by atoms with Gasteiger partial charge in [-0.3, -0.25) is 0 Å². The molecule has 13 heavy (non-hydrogen) atoms. The molecule has 0 fully saturated rings. The molecule has 0 aromatic carbocycles. The lowest BCUT2D eigenvalue weighted by molar-refractivity contribution is -0.121. The van der Waals surface area contributed by atoms with Crippen LogP contribution in [0.3, 0.4) is 0 Å². The Kier molecular flexibility index (Phi) is 4.14. The lowest BCUT2D eigenvalue weighted by Crippen LogP contribution is -2.39. The number of nitrogens with one attached hydrogen (secondary N) is 1. The first-order valence-corrected chi connectivity index (χ1v) is 5.07. The van der Waals surface area contributed by atoms with Gasteiger partial charge >= 0.3 is 6.18 Å². The van der Waals surface area contributed by atoms with E-state index in [2.05, 4.69) is 0 Å². The third-order valence-electron chi connectivity index (χ3n) is 0.975. The summed E-state index contributed by atoms with van der Waals surface area (Å²) >= 11 is 0. The van der Waals surface area contributed by atoms with E-state index in [0.29, 0.717) is 0 Å². The first kappa shape index (κ1) is 12.7. The van der Waals surface area contributed by atoms with Crippen LogP contribution in [0, 0.1) is 0 Å². The minimum absolute atomic E-state index is 0.511. The standard InChI is InChI=1S/C5H11F3N2O2S/c1-4(9)2-13(11,12)10-3-5(6,7)8/h4,10H,2-3,9H2,1H3/t4-/m1/s1. The van der Waals surface area contributed by atoms with Crippen LogP contribution in [0.4, 0.5) is 13.2 Å². The summed E-state index contributed by atoms with van der Waals surface area (Å²) in [7, 11) is -3.91. The van der Waals surface area contributed by atoms with Crippen LogP contribution >= 0.6 is 0 Å². The molecule has 0 amide bonds. The second-order valence-electron chi connectivity index (χ2n) is 2.69. The summed E-state index contributed by atoms with van der Waals surface area (Å²) in [4.78, 5) is 0. The van der Waals surface area contributed by atoms with E-state index in [1.54, 1.807) is 0 Å². The molecular weight excluding hydrogens is 209 g/mol. The number of sulfonamides is 1. The highest BCUT2D eigenvalue weighted by molar-refractivity contribution is 7.89. The summed E-state index contributed by atoms with van der Waals surface area (Å²) in [6.07, 6.45) is -4.54. The zero-order valence-corrected chi connectivity index (χ0v) is 7.74. The summed E-state index contributed by atoms with van der Waals surface area (Å²) < 4.78 is 57.7. The maximum atomic E-state index is 11.6. The lowest BCUT2D eigenvalue weighted by Gasteiger charge is -2.10. The maximum Gasteiger partial charge on any atom is 0.402 e. The SMILES string of the molecule is C[C@@H](N)CS(=O)(=O)NCC(F)(F)F. The van der Waals surface area contributed by atoms with Crippen molar-refractivity contribution in [2.75, 3.05) is 12.3 Å². The molecule has 0 rings (SSSR count). The molecule has 80 valence electrons. The average Bonchev–Trinajstić information content (AvgIpc) is 1.79. The Hall–Kier alpha value is -0.340. The van der Waals surface area contributed by atoms with Crippen LogP contribution < -0.4 is 10.5 Å². The lowest BCUT2D eigenvalue weighted by atomic mass is 10.4. The summed E-state index contributed by atoms with van der Waals surface area (Å²) in [5.41, 5.74) is 5.12. The van der Waals surface area contributed by atoms with Gasteiger partial charge in [-0.25, -0.2) is 13.1 Å². The van der Waals surface area contributed by atoms with Gasteiger partial charge in [0.15, 0.2) is 0 Å². The zero-order chi connectivity index (χ0) is 10.7. The zero-order valence-electron chi connectivity index (χ0n) is 6.93. The minimum atomic E-state index is -4.54. The normalized spacial score (nSPS) is 15.8. The molecule has 0 spiro atoms. The highest BCUT2D eigenvalue weighted by Crippen LogP contribution is 2.12. The van der Waals surface area contributed by atoms with Crippen molar-refractivity contribution in [1.29, 1.82) is 0 Å². The molecule has 1 atom stereocenters. The van der Waals surface area contributed by atoms with Gasteiger partial charge in [0.05, 0.1) is 5.75 Å². The number of halogens is 3. The minimum Gasteiger partial charge on any atom is -0.327 e. The molecule has 0 aliphatic rings. The predicted molar refractivity (Wildman–Crippen MR) is 41.5 cm³/mol. The fourth-order valence-electron chi connectivity index (χ4n) is 0.597. The van der Waals surface area contributed by atoms with E-state index in [9.17, 15) is 21.6 Å². The number of nitrogens with two attached hydrogens (primary N) is 1. The first-order chi connectivity index (χ1) is 5.62. The van der Waals surface area contributed by atoms with Gasteiger partial charge in [0.1, 0.15) is 6.54 Å². The van der Waals surface area contributed by atoms with Crippen molar-refractivity contribution in [1.82, 2.24) is 4.72 Å². The van der Waals surface area contributed by atoms with Gasteiger partial charge in [0.2, 0.25) is 10.0 Å². The molecule has 0 aliphatic carbocycles. The highest BCUT2D eigenvalue weighted by atomic mass is 32.2. The van der Waals surface area contributed by atoms with Crippen molar-refractivity contribution in [3.05, 3.63) is 0 Å². The Bertz CT molecular complexity index is 247. The molecule has 0 saturated carbocycles. The second-order valence-corrected chi connectivity index (χ2v) is 4.55. The third kappa shape index (κ3) is 8.00. The van der Waals surface area contributed by atoms with Crippen molar-refractivity contribution >= 4 is 10.0 Å². The highest BCUT2D eigenvalue weighted by Gasteiger charge is 2.29. The molecule has 3 N–H and O–H groups in total. The van der Waals surface area contributed by atoms with E-state index in [0.717, 1.165) is 0 Å². The molecule has 0 aromatic rings. The molecule has 0 unspecified atom stereocenters. The van der Waals surface area contributed by atoms with Gasteiger partial charge in [-0.15, -0.1) is 0 Å². The topological polar surface area (TPSA) is 72.2 Å². The molecule has 0 aromatic heterocycles. The fraction of sp³-hybridized carbons (Fsp3) is 1.00. The monoisotopic (exact) mass is 220 g/mol. The number of hydrogen-bond acceptors (Lipinski definition) is 3. The van der Waals surface area contributed by atoms with E-state index in [4.69, 9.17) is 5.73 Å². The van der Waals surface area contributed by atoms with Crippen LogP contribution in [-0.2, 0) is 10.0 Å². The second kappa shape index (κ2) is 4.25. The summed E-state index contributed by atoms with van der Waals surface area (Å²) in [5, 5.41) is 0. The van der Waals surface area contributed by atoms with Gasteiger partial charge in [-0.2, -0.15) is 13.2 Å². The van der Waals surface area contributed by atoms with E-state index >= 15 is 0 Å². The molecule has 0 bridgehead atoms. The Morgan fingerprint density at radius 2 is 1.92 bits per heavy atom. The Morgan fingerprint density at radius 3 is 2.23 bits per heavy atom. The molecular formula is C5H11F3N2O2S. The van der Waals surface area contributed by atoms with Crippen LogP contribution in [0.2, 0.25) is 0 Å². The smallest absolute Gasteiger partial charge is 0.327 e. The van der Waals surface area contributed by atoms with Crippen LogP contribution in [0.15, 0.2) is 0 Å². The molecule has 0 aliphatic heterocycles. The summed E-state index contributed by atoms with van der Waals surface area (Å²) in [5.74, 6) is -0.511. The van der Waals surface area contributed by atoms with E-state index < -0.39 is 34.5 Å². The van der Waals surface area contributed by atoms with Crippen LogP contribution in [0.25, 0.3) is 0 Å². The molecule has 0 radical (unpaired) electrons.